The molecular weight excluding hydrogens is 422 g/mol. The number of carbonyl (C=O) groups is 1. The van der Waals surface area contributed by atoms with Crippen molar-refractivity contribution in [2.24, 2.45) is 7.05 Å². The van der Waals surface area contributed by atoms with Gasteiger partial charge in [0.05, 0.1) is 22.1 Å². The number of hydrogen-bond acceptors (Lipinski definition) is 3. The third kappa shape index (κ3) is 3.69. The van der Waals surface area contributed by atoms with Crippen molar-refractivity contribution in [3.63, 3.8) is 0 Å². The summed E-state index contributed by atoms with van der Waals surface area (Å²) < 4.78 is 2.11. The highest BCUT2D eigenvalue weighted by molar-refractivity contribution is 6.32. The van der Waals surface area contributed by atoms with Crippen molar-refractivity contribution >= 4 is 61.8 Å². The van der Waals surface area contributed by atoms with E-state index in [0.717, 1.165) is 44.2 Å². The topological polar surface area (TPSA) is 71.0 Å². The average molecular weight is 444 g/mol. The van der Waals surface area contributed by atoms with Crippen LogP contribution in [0.3, 0.4) is 0 Å². The number of halogens is 1. The molecule has 0 aliphatic heterocycles. The Morgan fingerprint density at radius 2 is 1.75 bits per heavy atom. The Labute approximate surface area is 190 Å². The molecule has 32 heavy (non-hydrogen) atoms. The smallest absolute Gasteiger partial charge is 0.319 e. The molecule has 0 fully saturated rings. The fraction of sp³-hybridized carbons (Fsp3) is 0.120. The summed E-state index contributed by atoms with van der Waals surface area (Å²) in [7, 11) is 2.03. The van der Waals surface area contributed by atoms with E-state index >= 15 is 0 Å². The largest absolute Gasteiger partial charge is 0.382 e. The number of urea groups is 1. The Kier molecular flexibility index (Phi) is 5.29. The highest BCUT2D eigenvalue weighted by atomic mass is 35.5. The first kappa shape index (κ1) is 20.2. The van der Waals surface area contributed by atoms with E-state index in [1.54, 1.807) is 0 Å². The first-order valence-corrected chi connectivity index (χ1v) is 10.8. The van der Waals surface area contributed by atoms with Crippen LogP contribution in [0.2, 0.25) is 5.02 Å². The maximum absolute atomic E-state index is 12.2. The first-order chi connectivity index (χ1) is 15.6. The lowest BCUT2D eigenvalue weighted by molar-refractivity contribution is 0.252. The van der Waals surface area contributed by atoms with Crippen LogP contribution in [0.4, 0.5) is 16.2 Å². The van der Waals surface area contributed by atoms with Crippen molar-refractivity contribution < 1.29 is 4.79 Å². The van der Waals surface area contributed by atoms with E-state index in [4.69, 9.17) is 16.6 Å². The van der Waals surface area contributed by atoms with E-state index in [1.165, 1.54) is 0 Å². The van der Waals surface area contributed by atoms with Crippen LogP contribution in [-0.2, 0) is 7.05 Å². The number of benzene rings is 3. The van der Waals surface area contributed by atoms with Gasteiger partial charge in [-0.15, -0.1) is 0 Å². The third-order valence-corrected chi connectivity index (χ3v) is 5.76. The second-order valence-electron chi connectivity index (χ2n) is 7.60. The van der Waals surface area contributed by atoms with Crippen LogP contribution < -0.4 is 16.0 Å². The van der Waals surface area contributed by atoms with Gasteiger partial charge in [-0.3, -0.25) is 0 Å². The molecule has 5 rings (SSSR count). The molecule has 7 heteroatoms. The van der Waals surface area contributed by atoms with Gasteiger partial charge < -0.3 is 20.5 Å². The van der Waals surface area contributed by atoms with Crippen LogP contribution in [0.5, 0.6) is 0 Å². The predicted octanol–water partition coefficient (Wildman–Crippen LogP) is 5.77. The van der Waals surface area contributed by atoms with Gasteiger partial charge in [0.25, 0.3) is 0 Å². The molecule has 0 aliphatic rings. The summed E-state index contributed by atoms with van der Waals surface area (Å²) in [4.78, 5) is 17.1. The summed E-state index contributed by atoms with van der Waals surface area (Å²) in [6, 6.07) is 23.1. The number of nitrogens with one attached hydrogen (secondary N) is 3. The number of fused-ring (bicyclic) bond motifs is 4. The minimum Gasteiger partial charge on any atom is -0.382 e. The molecule has 0 atom stereocenters. The van der Waals surface area contributed by atoms with Gasteiger partial charge in [-0.2, -0.15) is 0 Å². The lowest BCUT2D eigenvalue weighted by atomic mass is 10.1. The number of pyridine rings is 1. The first-order valence-electron chi connectivity index (χ1n) is 10.4. The molecule has 6 nitrogen and oxygen atoms in total. The SMILES string of the molecule is Cn1c2ccccc2c2c(NCCNC(=O)Nc3ccccc3)c3cc(Cl)ccc3nc21. The second-order valence-corrected chi connectivity index (χ2v) is 8.03. The highest BCUT2D eigenvalue weighted by Gasteiger charge is 2.17. The summed E-state index contributed by atoms with van der Waals surface area (Å²) in [6.45, 7) is 1.00. The maximum atomic E-state index is 12.2. The fourth-order valence-corrected chi connectivity index (χ4v) is 4.23. The zero-order valence-electron chi connectivity index (χ0n) is 17.5. The van der Waals surface area contributed by atoms with Crippen LogP contribution in [-0.4, -0.2) is 28.7 Å². The van der Waals surface area contributed by atoms with Gasteiger partial charge in [-0.25, -0.2) is 9.78 Å². The molecule has 2 heterocycles. The lowest BCUT2D eigenvalue weighted by Crippen LogP contribution is -2.32. The molecule has 0 spiro atoms. The van der Waals surface area contributed by atoms with Crippen molar-refractivity contribution in [2.75, 3.05) is 23.7 Å². The summed E-state index contributed by atoms with van der Waals surface area (Å²) in [5.74, 6) is 0. The van der Waals surface area contributed by atoms with Crippen LogP contribution in [0.25, 0.3) is 32.8 Å². The van der Waals surface area contributed by atoms with E-state index < -0.39 is 0 Å². The number of hydrogen-bond donors (Lipinski definition) is 3. The van der Waals surface area contributed by atoms with E-state index in [1.807, 2.05) is 67.7 Å². The van der Waals surface area contributed by atoms with E-state index in [2.05, 4.69) is 32.7 Å². The predicted molar refractivity (Wildman–Crippen MR) is 133 cm³/mol. The average Bonchev–Trinajstić information content (AvgIpc) is 3.09. The normalized spacial score (nSPS) is 11.2. The molecule has 0 radical (unpaired) electrons. The summed E-state index contributed by atoms with van der Waals surface area (Å²) in [5.41, 5.74) is 4.60. The summed E-state index contributed by atoms with van der Waals surface area (Å²) in [5, 5.41) is 13.0. The Bertz CT molecular complexity index is 1450. The Balaban J connectivity index is 1.44. The zero-order valence-corrected chi connectivity index (χ0v) is 18.3. The molecule has 160 valence electrons. The molecule has 0 bridgehead atoms. The van der Waals surface area contributed by atoms with E-state index in [9.17, 15) is 4.79 Å². The highest BCUT2D eigenvalue weighted by Crippen LogP contribution is 2.38. The number of aromatic nitrogens is 2. The number of para-hydroxylation sites is 2. The number of carbonyl (C=O) groups excluding carboxylic acids is 1. The minimum absolute atomic E-state index is 0.240. The van der Waals surface area contributed by atoms with Gasteiger partial charge in [0.15, 0.2) is 0 Å². The van der Waals surface area contributed by atoms with E-state index in [0.29, 0.717) is 18.1 Å². The third-order valence-electron chi connectivity index (χ3n) is 5.52. The van der Waals surface area contributed by atoms with Crippen molar-refractivity contribution in [1.29, 1.82) is 0 Å². The number of nitrogens with zero attached hydrogens (tertiary/aromatic N) is 2. The number of aryl methyl sites for hydroxylation is 1. The molecule has 3 N–H and O–H groups in total. The van der Waals surface area contributed by atoms with Crippen molar-refractivity contribution in [2.45, 2.75) is 0 Å². The van der Waals surface area contributed by atoms with Crippen LogP contribution >= 0.6 is 11.6 Å². The molecule has 0 saturated heterocycles. The van der Waals surface area contributed by atoms with Crippen LogP contribution in [0.15, 0.2) is 72.8 Å². The van der Waals surface area contributed by atoms with Crippen molar-refractivity contribution in [3.05, 3.63) is 77.8 Å². The minimum atomic E-state index is -0.240. The number of amides is 2. The second kappa shape index (κ2) is 8.40. The standard InChI is InChI=1S/C25H22ClN5O/c1-31-21-10-6-5-9-18(21)22-23(19-15-16(26)11-12-20(19)30-24(22)31)27-13-14-28-25(32)29-17-7-3-2-4-8-17/h2-12,15H,13-14H2,1H3,(H,27,30)(H2,28,29,32). The van der Waals surface area contributed by atoms with Crippen molar-refractivity contribution in [1.82, 2.24) is 14.9 Å². The lowest BCUT2D eigenvalue weighted by Gasteiger charge is -2.13. The zero-order chi connectivity index (χ0) is 22.1. The number of anilines is 2. The van der Waals surface area contributed by atoms with Crippen LogP contribution in [0.1, 0.15) is 0 Å². The van der Waals surface area contributed by atoms with E-state index in [-0.39, 0.29) is 6.03 Å². The van der Waals surface area contributed by atoms with Gasteiger partial charge in [0.1, 0.15) is 5.65 Å². The van der Waals surface area contributed by atoms with Crippen LogP contribution in [0, 0.1) is 0 Å². The summed E-state index contributed by atoms with van der Waals surface area (Å²) in [6.07, 6.45) is 0. The molecule has 3 aromatic carbocycles. The Morgan fingerprint density at radius 1 is 0.969 bits per heavy atom. The molecular formula is C25H22ClN5O. The molecule has 0 unspecified atom stereocenters. The monoisotopic (exact) mass is 443 g/mol. The Hall–Kier alpha value is -3.77. The summed E-state index contributed by atoms with van der Waals surface area (Å²) >= 11 is 6.32. The Morgan fingerprint density at radius 3 is 2.59 bits per heavy atom. The van der Waals surface area contributed by atoms with Gasteiger partial charge >= 0.3 is 6.03 Å². The van der Waals surface area contributed by atoms with Gasteiger partial charge in [-0.1, -0.05) is 48.0 Å². The van der Waals surface area contributed by atoms with Gasteiger partial charge in [0, 0.05) is 41.6 Å². The molecule has 0 aliphatic carbocycles. The van der Waals surface area contributed by atoms with Gasteiger partial charge in [-0.05, 0) is 36.4 Å². The molecule has 2 amide bonds. The molecule has 0 saturated carbocycles. The molecule has 2 aromatic heterocycles. The quantitative estimate of drug-likeness (QED) is 0.302. The van der Waals surface area contributed by atoms with Gasteiger partial charge in [0.2, 0.25) is 0 Å². The number of rotatable bonds is 5. The fourth-order valence-electron chi connectivity index (χ4n) is 4.06. The molecule has 5 aromatic rings. The maximum Gasteiger partial charge on any atom is 0.319 e. The van der Waals surface area contributed by atoms with Crippen molar-refractivity contribution in [3.8, 4) is 0 Å².